The topological polar surface area (TPSA) is 91.3 Å². The number of aromatic nitrogens is 2. The molecule has 144 valence electrons. The first-order valence-electron chi connectivity index (χ1n) is 8.64. The number of hydrogen-bond donors (Lipinski definition) is 0. The number of benzene rings is 3. The van der Waals surface area contributed by atoms with Crippen molar-refractivity contribution < 1.29 is 14.2 Å². The fourth-order valence-corrected chi connectivity index (χ4v) is 3.70. The Bertz CT molecular complexity index is 1160. The largest absolute Gasteiger partial charge is 0.496 e. The minimum atomic E-state index is -0.416. The van der Waals surface area contributed by atoms with E-state index >= 15 is 0 Å². The molecular weight excluding hydrogens is 390 g/mol. The number of methoxy groups -OCH3 is 1. The summed E-state index contributed by atoms with van der Waals surface area (Å²) in [6.07, 6.45) is 0. The first-order valence-corrected chi connectivity index (χ1v) is 9.46. The third kappa shape index (κ3) is 3.97. The van der Waals surface area contributed by atoms with Crippen molar-refractivity contribution in [3.63, 3.8) is 0 Å². The van der Waals surface area contributed by atoms with Crippen LogP contribution in [-0.2, 0) is 0 Å². The van der Waals surface area contributed by atoms with Gasteiger partial charge in [-0.3, -0.25) is 10.1 Å². The van der Waals surface area contributed by atoms with E-state index in [0.29, 0.717) is 17.5 Å². The monoisotopic (exact) mass is 405 g/mol. The van der Waals surface area contributed by atoms with Gasteiger partial charge in [0.05, 0.1) is 23.2 Å². The smallest absolute Gasteiger partial charge is 0.269 e. The molecule has 0 N–H and O–H groups in total. The molecular formula is C21H15N3O4S. The number of non-ortho nitro benzene ring substituents is 1. The standard InChI is InChI=1S/C21H15N3O4S/c1-27-18-8-4-2-6-16(18)20-22-21(28-23-20)17-7-3-5-9-19(17)29-15-12-10-14(11-13-15)24(25)26/h2-13H,1H3. The Labute approximate surface area is 170 Å². The molecule has 0 unspecified atom stereocenters. The van der Waals surface area contributed by atoms with Crippen molar-refractivity contribution >= 4 is 17.4 Å². The molecule has 1 aromatic heterocycles. The van der Waals surface area contributed by atoms with Crippen molar-refractivity contribution in [3.05, 3.63) is 82.9 Å². The van der Waals surface area contributed by atoms with Crippen LogP contribution >= 0.6 is 11.8 Å². The molecule has 0 spiro atoms. The van der Waals surface area contributed by atoms with Gasteiger partial charge in [-0.1, -0.05) is 41.2 Å². The Morgan fingerprint density at radius 3 is 2.38 bits per heavy atom. The van der Waals surface area contributed by atoms with E-state index in [9.17, 15) is 10.1 Å². The lowest BCUT2D eigenvalue weighted by Crippen LogP contribution is -1.89. The zero-order chi connectivity index (χ0) is 20.2. The van der Waals surface area contributed by atoms with Crippen LogP contribution in [0.5, 0.6) is 5.75 Å². The predicted molar refractivity (Wildman–Crippen MR) is 109 cm³/mol. The first kappa shape index (κ1) is 18.7. The fraction of sp³-hybridized carbons (Fsp3) is 0.0476. The van der Waals surface area contributed by atoms with Gasteiger partial charge < -0.3 is 9.26 Å². The Balaban J connectivity index is 1.65. The summed E-state index contributed by atoms with van der Waals surface area (Å²) in [5.41, 5.74) is 1.58. The minimum Gasteiger partial charge on any atom is -0.496 e. The van der Waals surface area contributed by atoms with Crippen molar-refractivity contribution in [2.24, 2.45) is 0 Å². The predicted octanol–water partition coefficient (Wildman–Crippen LogP) is 5.47. The van der Waals surface area contributed by atoms with Gasteiger partial charge in [-0.25, -0.2) is 0 Å². The average Bonchev–Trinajstić information content (AvgIpc) is 3.24. The molecule has 0 aliphatic rings. The molecule has 8 heteroatoms. The highest BCUT2D eigenvalue weighted by Gasteiger charge is 2.17. The molecule has 3 aromatic carbocycles. The number of hydrogen-bond acceptors (Lipinski definition) is 7. The molecule has 0 saturated heterocycles. The van der Waals surface area contributed by atoms with Crippen LogP contribution in [0.4, 0.5) is 5.69 Å². The summed E-state index contributed by atoms with van der Waals surface area (Å²) in [5.74, 6) is 1.48. The quantitative estimate of drug-likeness (QED) is 0.310. The summed E-state index contributed by atoms with van der Waals surface area (Å²) in [4.78, 5) is 16.7. The second-order valence-corrected chi connectivity index (χ2v) is 7.09. The minimum absolute atomic E-state index is 0.0565. The van der Waals surface area contributed by atoms with Gasteiger partial charge in [-0.2, -0.15) is 4.98 Å². The maximum Gasteiger partial charge on any atom is 0.269 e. The van der Waals surface area contributed by atoms with Crippen LogP contribution in [0.25, 0.3) is 22.8 Å². The van der Waals surface area contributed by atoms with E-state index in [0.717, 1.165) is 20.9 Å². The van der Waals surface area contributed by atoms with Crippen LogP contribution in [0, 0.1) is 10.1 Å². The van der Waals surface area contributed by atoms with Crippen LogP contribution in [0.15, 0.2) is 87.1 Å². The van der Waals surface area contributed by atoms with Crippen molar-refractivity contribution in [1.82, 2.24) is 10.1 Å². The summed E-state index contributed by atoms with van der Waals surface area (Å²) in [6.45, 7) is 0. The number of rotatable bonds is 6. The molecule has 4 aromatic rings. The Morgan fingerprint density at radius 2 is 1.66 bits per heavy atom. The molecule has 0 aliphatic heterocycles. The number of nitrogens with zero attached hydrogens (tertiary/aromatic N) is 3. The van der Waals surface area contributed by atoms with E-state index < -0.39 is 4.92 Å². The molecule has 0 atom stereocenters. The normalized spacial score (nSPS) is 10.7. The molecule has 0 amide bonds. The highest BCUT2D eigenvalue weighted by atomic mass is 32.2. The van der Waals surface area contributed by atoms with Gasteiger partial charge in [0.25, 0.3) is 11.6 Å². The molecule has 4 rings (SSSR count). The lowest BCUT2D eigenvalue weighted by atomic mass is 10.2. The molecule has 1 heterocycles. The fourth-order valence-electron chi connectivity index (χ4n) is 2.77. The number of nitro groups is 1. The highest BCUT2D eigenvalue weighted by Crippen LogP contribution is 2.37. The van der Waals surface area contributed by atoms with E-state index in [4.69, 9.17) is 9.26 Å². The van der Waals surface area contributed by atoms with E-state index in [1.165, 1.54) is 23.9 Å². The number of ether oxygens (including phenoxy) is 1. The zero-order valence-corrected chi connectivity index (χ0v) is 16.1. The van der Waals surface area contributed by atoms with Crippen LogP contribution in [0.3, 0.4) is 0 Å². The zero-order valence-electron chi connectivity index (χ0n) is 15.3. The van der Waals surface area contributed by atoms with Gasteiger partial charge in [0.15, 0.2) is 0 Å². The molecule has 7 nitrogen and oxygen atoms in total. The molecule has 0 fully saturated rings. The van der Waals surface area contributed by atoms with Gasteiger partial charge in [0.1, 0.15) is 5.75 Å². The van der Waals surface area contributed by atoms with Crippen LogP contribution in [0.2, 0.25) is 0 Å². The van der Waals surface area contributed by atoms with Gasteiger partial charge in [0.2, 0.25) is 5.82 Å². The van der Waals surface area contributed by atoms with Gasteiger partial charge in [0, 0.05) is 21.9 Å². The summed E-state index contributed by atoms with van der Waals surface area (Å²) in [6, 6.07) is 21.5. The lowest BCUT2D eigenvalue weighted by Gasteiger charge is -2.06. The molecule has 0 saturated carbocycles. The van der Waals surface area contributed by atoms with E-state index in [-0.39, 0.29) is 5.69 Å². The third-order valence-electron chi connectivity index (χ3n) is 4.17. The summed E-state index contributed by atoms with van der Waals surface area (Å²) in [7, 11) is 1.59. The van der Waals surface area contributed by atoms with Crippen molar-refractivity contribution in [1.29, 1.82) is 0 Å². The Kier molecular flexibility index (Phi) is 5.26. The molecule has 0 aliphatic carbocycles. The SMILES string of the molecule is COc1ccccc1-c1noc(-c2ccccc2Sc2ccc([N+](=O)[O-])cc2)n1. The number of nitro benzene ring substituents is 1. The van der Waals surface area contributed by atoms with Gasteiger partial charge in [-0.05, 0) is 36.4 Å². The van der Waals surface area contributed by atoms with Crippen molar-refractivity contribution in [2.45, 2.75) is 9.79 Å². The van der Waals surface area contributed by atoms with E-state index in [1.54, 1.807) is 19.2 Å². The number of para-hydroxylation sites is 1. The summed E-state index contributed by atoms with van der Waals surface area (Å²) >= 11 is 1.47. The second-order valence-electron chi connectivity index (χ2n) is 5.97. The Hall–Kier alpha value is -3.65. The molecule has 0 bridgehead atoms. The van der Waals surface area contributed by atoms with Gasteiger partial charge in [-0.15, -0.1) is 0 Å². The second kappa shape index (κ2) is 8.15. The summed E-state index contributed by atoms with van der Waals surface area (Å²) in [5, 5.41) is 14.9. The average molecular weight is 405 g/mol. The van der Waals surface area contributed by atoms with Crippen LogP contribution in [0.1, 0.15) is 0 Å². The maximum atomic E-state index is 10.8. The highest BCUT2D eigenvalue weighted by molar-refractivity contribution is 7.99. The van der Waals surface area contributed by atoms with Gasteiger partial charge >= 0.3 is 0 Å². The first-order chi connectivity index (χ1) is 14.2. The van der Waals surface area contributed by atoms with Crippen LogP contribution in [-0.4, -0.2) is 22.2 Å². The Morgan fingerprint density at radius 1 is 0.966 bits per heavy atom. The summed E-state index contributed by atoms with van der Waals surface area (Å²) < 4.78 is 10.9. The van der Waals surface area contributed by atoms with Crippen LogP contribution < -0.4 is 4.74 Å². The molecule has 29 heavy (non-hydrogen) atoms. The lowest BCUT2D eigenvalue weighted by molar-refractivity contribution is -0.384. The van der Waals surface area contributed by atoms with E-state index in [1.807, 2.05) is 48.5 Å². The third-order valence-corrected chi connectivity index (χ3v) is 5.25. The molecule has 0 radical (unpaired) electrons. The van der Waals surface area contributed by atoms with Crippen molar-refractivity contribution in [2.75, 3.05) is 7.11 Å². The van der Waals surface area contributed by atoms with E-state index in [2.05, 4.69) is 10.1 Å². The maximum absolute atomic E-state index is 10.8. The van der Waals surface area contributed by atoms with Crippen molar-refractivity contribution in [3.8, 4) is 28.6 Å².